The van der Waals surface area contributed by atoms with Gasteiger partial charge in [0, 0.05) is 36.1 Å². The average Bonchev–Trinajstić information content (AvgIpc) is 3.33. The van der Waals surface area contributed by atoms with E-state index in [4.69, 9.17) is 27.3 Å². The number of nitrogens with two attached hydrogens (primary N) is 1. The van der Waals surface area contributed by atoms with E-state index in [9.17, 15) is 9.59 Å². The standard InChI is InChI=1S/C22H23ClN8O3/c23-15-3-4-19(18(8-15)30-22(33)31-20-5-2-14(10-24)11-28-20)34-7-1-6-27-21(32)17(25)9-16-12-26-13-29-16/h2-5,8,11-13,17H,1,6-7,9,25H2,(H,26,29)(H,27,32)(H2,28,30,31,33). The van der Waals surface area contributed by atoms with E-state index in [2.05, 4.69) is 30.9 Å². The number of urea groups is 1. The van der Waals surface area contributed by atoms with Crippen LogP contribution in [0.4, 0.5) is 16.3 Å². The molecule has 1 unspecified atom stereocenters. The molecule has 1 atom stereocenters. The fourth-order valence-corrected chi connectivity index (χ4v) is 3.02. The predicted molar refractivity (Wildman–Crippen MR) is 126 cm³/mol. The van der Waals surface area contributed by atoms with Crippen LogP contribution in [0.1, 0.15) is 17.7 Å². The van der Waals surface area contributed by atoms with E-state index in [1.807, 2.05) is 6.07 Å². The lowest BCUT2D eigenvalue weighted by Crippen LogP contribution is -2.42. The first-order valence-electron chi connectivity index (χ1n) is 10.3. The number of ether oxygens (including phenoxy) is 1. The molecule has 0 aliphatic rings. The maximum Gasteiger partial charge on any atom is 0.324 e. The molecule has 0 spiro atoms. The summed E-state index contributed by atoms with van der Waals surface area (Å²) < 4.78 is 5.75. The first kappa shape index (κ1) is 24.5. The van der Waals surface area contributed by atoms with E-state index < -0.39 is 12.1 Å². The summed E-state index contributed by atoms with van der Waals surface area (Å²) in [5.41, 5.74) is 7.43. The van der Waals surface area contributed by atoms with Gasteiger partial charge in [0.05, 0.1) is 30.2 Å². The number of imidazole rings is 1. The van der Waals surface area contributed by atoms with Gasteiger partial charge in [0.1, 0.15) is 17.6 Å². The molecule has 2 aromatic heterocycles. The Morgan fingerprint density at radius 3 is 2.79 bits per heavy atom. The van der Waals surface area contributed by atoms with Crippen LogP contribution in [0.5, 0.6) is 5.75 Å². The molecular formula is C22H23ClN8O3. The van der Waals surface area contributed by atoms with Gasteiger partial charge in [-0.3, -0.25) is 10.1 Å². The monoisotopic (exact) mass is 482 g/mol. The molecular weight excluding hydrogens is 460 g/mol. The molecule has 34 heavy (non-hydrogen) atoms. The Bertz CT molecular complexity index is 1150. The summed E-state index contributed by atoms with van der Waals surface area (Å²) in [6.45, 7) is 0.655. The van der Waals surface area contributed by atoms with Crippen LogP contribution in [-0.4, -0.2) is 46.1 Å². The van der Waals surface area contributed by atoms with Crippen molar-refractivity contribution in [2.24, 2.45) is 5.73 Å². The molecule has 0 saturated heterocycles. The Morgan fingerprint density at radius 2 is 2.09 bits per heavy atom. The number of aromatic amines is 1. The number of amides is 3. The van der Waals surface area contributed by atoms with E-state index in [0.717, 1.165) is 5.69 Å². The van der Waals surface area contributed by atoms with Gasteiger partial charge in [-0.1, -0.05) is 11.6 Å². The van der Waals surface area contributed by atoms with Crippen molar-refractivity contribution in [3.8, 4) is 11.8 Å². The van der Waals surface area contributed by atoms with Gasteiger partial charge in [0.2, 0.25) is 5.91 Å². The van der Waals surface area contributed by atoms with Gasteiger partial charge in [-0.15, -0.1) is 0 Å². The summed E-state index contributed by atoms with van der Waals surface area (Å²) in [7, 11) is 0. The number of pyridine rings is 1. The molecule has 0 bridgehead atoms. The molecule has 1 aromatic carbocycles. The van der Waals surface area contributed by atoms with Crippen molar-refractivity contribution >= 4 is 35.0 Å². The average molecular weight is 483 g/mol. The zero-order chi connectivity index (χ0) is 24.3. The molecule has 3 amide bonds. The van der Waals surface area contributed by atoms with Crippen LogP contribution < -0.4 is 26.4 Å². The largest absolute Gasteiger partial charge is 0.491 e. The number of nitriles is 1. The van der Waals surface area contributed by atoms with Gasteiger partial charge >= 0.3 is 6.03 Å². The number of hydrogen-bond acceptors (Lipinski definition) is 7. The van der Waals surface area contributed by atoms with Crippen LogP contribution in [0.15, 0.2) is 49.1 Å². The van der Waals surface area contributed by atoms with E-state index in [1.165, 1.54) is 18.6 Å². The molecule has 176 valence electrons. The van der Waals surface area contributed by atoms with Gasteiger partial charge in [-0.2, -0.15) is 5.26 Å². The third kappa shape index (κ3) is 7.47. The maximum absolute atomic E-state index is 12.3. The molecule has 0 radical (unpaired) electrons. The Balaban J connectivity index is 1.45. The molecule has 0 saturated carbocycles. The van der Waals surface area contributed by atoms with Crippen molar-refractivity contribution in [1.29, 1.82) is 5.26 Å². The van der Waals surface area contributed by atoms with Gasteiger partial charge < -0.3 is 26.1 Å². The van der Waals surface area contributed by atoms with Crippen LogP contribution in [0.3, 0.4) is 0 Å². The number of anilines is 2. The van der Waals surface area contributed by atoms with Crippen LogP contribution in [0, 0.1) is 11.3 Å². The summed E-state index contributed by atoms with van der Waals surface area (Å²) in [4.78, 5) is 35.2. The third-order valence-electron chi connectivity index (χ3n) is 4.53. The number of rotatable bonds is 10. The van der Waals surface area contributed by atoms with Gasteiger partial charge in [0.25, 0.3) is 0 Å². The van der Waals surface area contributed by atoms with E-state index in [-0.39, 0.29) is 18.3 Å². The zero-order valence-electron chi connectivity index (χ0n) is 18.0. The molecule has 2 heterocycles. The molecule has 0 aliphatic heterocycles. The smallest absolute Gasteiger partial charge is 0.324 e. The number of carbonyl (C=O) groups excluding carboxylic acids is 2. The second-order valence-corrected chi connectivity index (χ2v) is 7.58. The van der Waals surface area contributed by atoms with Crippen molar-refractivity contribution in [3.63, 3.8) is 0 Å². The van der Waals surface area contributed by atoms with Crippen molar-refractivity contribution in [3.05, 3.63) is 65.3 Å². The lowest BCUT2D eigenvalue weighted by molar-refractivity contribution is -0.122. The SMILES string of the molecule is N#Cc1ccc(NC(=O)Nc2cc(Cl)ccc2OCCCNC(=O)C(N)Cc2cnc[nH]2)nc1. The highest BCUT2D eigenvalue weighted by Gasteiger charge is 2.14. The summed E-state index contributed by atoms with van der Waals surface area (Å²) in [6.07, 6.45) is 5.39. The van der Waals surface area contributed by atoms with Gasteiger partial charge in [-0.25, -0.2) is 14.8 Å². The minimum Gasteiger partial charge on any atom is -0.491 e. The number of nitrogens with zero attached hydrogens (tertiary/aromatic N) is 3. The topological polar surface area (TPSA) is 171 Å². The van der Waals surface area contributed by atoms with Crippen LogP contribution in [-0.2, 0) is 11.2 Å². The fourth-order valence-electron chi connectivity index (χ4n) is 2.85. The molecule has 12 heteroatoms. The van der Waals surface area contributed by atoms with E-state index >= 15 is 0 Å². The second-order valence-electron chi connectivity index (χ2n) is 7.14. The Morgan fingerprint density at radius 1 is 1.24 bits per heavy atom. The van der Waals surface area contributed by atoms with Crippen molar-refractivity contribution in [2.45, 2.75) is 18.9 Å². The molecule has 0 aliphatic carbocycles. The number of hydrogen-bond donors (Lipinski definition) is 5. The molecule has 3 rings (SSSR count). The predicted octanol–water partition coefficient (Wildman–Crippen LogP) is 2.43. The lowest BCUT2D eigenvalue weighted by atomic mass is 10.1. The number of H-pyrrole nitrogens is 1. The maximum atomic E-state index is 12.3. The van der Waals surface area contributed by atoms with Crippen molar-refractivity contribution in [2.75, 3.05) is 23.8 Å². The number of halogens is 1. The molecule has 3 aromatic rings. The second kappa shape index (κ2) is 12.2. The highest BCUT2D eigenvalue weighted by molar-refractivity contribution is 6.31. The minimum atomic E-state index is -0.683. The number of benzene rings is 1. The first-order chi connectivity index (χ1) is 16.4. The van der Waals surface area contributed by atoms with Crippen LogP contribution in [0.25, 0.3) is 0 Å². The first-order valence-corrected chi connectivity index (χ1v) is 10.7. The van der Waals surface area contributed by atoms with Crippen molar-refractivity contribution in [1.82, 2.24) is 20.3 Å². The Hall–Kier alpha value is -4.14. The number of aromatic nitrogens is 3. The summed E-state index contributed by atoms with van der Waals surface area (Å²) in [5.74, 6) is 0.425. The summed E-state index contributed by atoms with van der Waals surface area (Å²) in [5, 5.41) is 17.2. The number of carbonyl (C=O) groups is 2. The molecule has 0 fully saturated rings. The van der Waals surface area contributed by atoms with Crippen molar-refractivity contribution < 1.29 is 14.3 Å². The third-order valence-corrected chi connectivity index (χ3v) is 4.77. The normalized spacial score (nSPS) is 11.2. The van der Waals surface area contributed by atoms with Crippen LogP contribution >= 0.6 is 11.6 Å². The highest BCUT2D eigenvalue weighted by Crippen LogP contribution is 2.28. The van der Waals surface area contributed by atoms with Gasteiger partial charge in [0.15, 0.2) is 0 Å². The van der Waals surface area contributed by atoms with E-state index in [0.29, 0.717) is 41.4 Å². The summed E-state index contributed by atoms with van der Waals surface area (Å²) >= 11 is 6.06. The fraction of sp³-hybridized carbons (Fsp3) is 0.227. The highest BCUT2D eigenvalue weighted by atomic mass is 35.5. The Labute approximate surface area is 200 Å². The van der Waals surface area contributed by atoms with Gasteiger partial charge in [-0.05, 0) is 36.8 Å². The zero-order valence-corrected chi connectivity index (χ0v) is 18.8. The van der Waals surface area contributed by atoms with E-state index in [1.54, 1.807) is 30.5 Å². The Kier molecular flexibility index (Phi) is 8.79. The molecule has 11 nitrogen and oxygen atoms in total. The molecule has 6 N–H and O–H groups in total. The minimum absolute atomic E-state index is 0.267. The lowest BCUT2D eigenvalue weighted by Gasteiger charge is -2.14. The number of nitrogens with one attached hydrogen (secondary N) is 4. The van der Waals surface area contributed by atoms with Crippen LogP contribution in [0.2, 0.25) is 5.02 Å². The summed E-state index contributed by atoms with van der Waals surface area (Å²) in [6, 6.07) is 8.60. The quantitative estimate of drug-likeness (QED) is 0.276.